The number of fused-ring (bicyclic) bond motifs is 1. The largest absolute Gasteiger partial charge is 0.471 e. The zero-order chi connectivity index (χ0) is 45.8. The van der Waals surface area contributed by atoms with Gasteiger partial charge >= 0.3 is 18.1 Å². The van der Waals surface area contributed by atoms with Crippen molar-refractivity contribution in [1.82, 2.24) is 10.6 Å². The lowest BCUT2D eigenvalue weighted by Crippen LogP contribution is -2.69. The summed E-state index contributed by atoms with van der Waals surface area (Å²) in [5.74, 6) is -3.34. The Kier molecular flexibility index (Phi) is 16.7. The molecule has 0 aliphatic carbocycles. The van der Waals surface area contributed by atoms with Gasteiger partial charge in [-0.3, -0.25) is 9.59 Å². The van der Waals surface area contributed by atoms with E-state index in [-0.39, 0.29) is 51.6 Å². The van der Waals surface area contributed by atoms with Gasteiger partial charge in [0.2, 0.25) is 5.91 Å². The second-order valence-electron chi connectivity index (χ2n) is 15.6. The molecule has 65 heavy (non-hydrogen) atoms. The number of carbonyl (C=O) groups is 3. The van der Waals surface area contributed by atoms with Crippen LogP contribution in [-0.2, 0) is 65.4 Å². The summed E-state index contributed by atoms with van der Waals surface area (Å²) in [7, 11) is 0. The Morgan fingerprint density at radius 2 is 1.38 bits per heavy atom. The minimum absolute atomic E-state index is 0.00607. The number of alkyl halides is 3. The van der Waals surface area contributed by atoms with Crippen molar-refractivity contribution >= 4 is 17.8 Å². The summed E-state index contributed by atoms with van der Waals surface area (Å²) in [5, 5.41) is 16.9. The van der Waals surface area contributed by atoms with E-state index in [0.29, 0.717) is 5.56 Å². The molecular formula is C47H51F3N2O13. The summed E-state index contributed by atoms with van der Waals surface area (Å²) >= 11 is 0. The van der Waals surface area contributed by atoms with Crippen LogP contribution in [0.15, 0.2) is 121 Å². The predicted molar refractivity (Wildman–Crippen MR) is 222 cm³/mol. The minimum atomic E-state index is -5.06. The number of esters is 1. The number of hydrogen-bond donors (Lipinski definition) is 3. The highest BCUT2D eigenvalue weighted by molar-refractivity contribution is 5.89. The van der Waals surface area contributed by atoms with Gasteiger partial charge in [-0.15, -0.1) is 0 Å². The first-order valence-corrected chi connectivity index (χ1v) is 21.2. The number of halogens is 3. The minimum Gasteiger partial charge on any atom is -0.453 e. The Labute approximate surface area is 373 Å². The molecule has 11 atom stereocenters. The van der Waals surface area contributed by atoms with Crippen LogP contribution >= 0.6 is 0 Å². The molecule has 3 saturated heterocycles. The third-order valence-electron chi connectivity index (χ3n) is 10.8. The van der Waals surface area contributed by atoms with Gasteiger partial charge in [-0.05, 0) is 29.7 Å². The molecular weight excluding hydrogens is 858 g/mol. The van der Waals surface area contributed by atoms with Crippen molar-refractivity contribution in [2.24, 2.45) is 0 Å². The van der Waals surface area contributed by atoms with Crippen LogP contribution < -0.4 is 10.6 Å². The fourth-order valence-corrected chi connectivity index (χ4v) is 7.65. The number of aliphatic hydroxyl groups excluding tert-OH is 1. The monoisotopic (exact) mass is 908 g/mol. The maximum Gasteiger partial charge on any atom is 0.471 e. The van der Waals surface area contributed by atoms with E-state index in [0.717, 1.165) is 11.1 Å². The molecule has 4 aromatic rings. The Hall–Kier alpha value is -5.28. The van der Waals surface area contributed by atoms with E-state index in [1.165, 1.54) is 6.92 Å². The van der Waals surface area contributed by atoms with Crippen LogP contribution in [0.3, 0.4) is 0 Å². The quantitative estimate of drug-likeness (QED) is 0.0907. The molecule has 3 aliphatic rings. The van der Waals surface area contributed by atoms with Gasteiger partial charge in [-0.25, -0.2) is 4.79 Å². The predicted octanol–water partition coefficient (Wildman–Crippen LogP) is 4.91. The second kappa shape index (κ2) is 22.8. The first kappa shape index (κ1) is 47.7. The Balaban J connectivity index is 1.19. The first-order chi connectivity index (χ1) is 31.4. The smallest absolute Gasteiger partial charge is 0.453 e. The van der Waals surface area contributed by atoms with Gasteiger partial charge in [0.05, 0.1) is 38.6 Å². The normalized spacial score (nSPS) is 27.8. The Morgan fingerprint density at radius 1 is 0.754 bits per heavy atom. The van der Waals surface area contributed by atoms with Crippen molar-refractivity contribution in [3.63, 3.8) is 0 Å². The molecule has 348 valence electrons. The third-order valence-corrected chi connectivity index (χ3v) is 10.8. The fourth-order valence-electron chi connectivity index (χ4n) is 7.65. The van der Waals surface area contributed by atoms with Crippen molar-refractivity contribution in [2.75, 3.05) is 26.4 Å². The zero-order valence-electron chi connectivity index (χ0n) is 35.3. The van der Waals surface area contributed by atoms with Gasteiger partial charge in [-0.2, -0.15) is 13.2 Å². The number of hydrogen-bond acceptors (Lipinski definition) is 13. The second-order valence-corrected chi connectivity index (χ2v) is 15.6. The molecule has 1 unspecified atom stereocenters. The molecule has 15 nitrogen and oxygen atoms in total. The van der Waals surface area contributed by atoms with Gasteiger partial charge in [0.1, 0.15) is 42.7 Å². The number of benzene rings is 4. The number of ether oxygens (including phenoxy) is 9. The number of amides is 2. The summed E-state index contributed by atoms with van der Waals surface area (Å²) in [4.78, 5) is 38.0. The topological polar surface area (TPSA) is 179 Å². The molecule has 0 saturated carbocycles. The van der Waals surface area contributed by atoms with Crippen LogP contribution in [0.25, 0.3) is 0 Å². The maximum absolute atomic E-state index is 13.6. The van der Waals surface area contributed by atoms with Crippen LogP contribution in [0.1, 0.15) is 46.7 Å². The molecule has 3 N–H and O–H groups in total. The molecule has 4 aromatic carbocycles. The van der Waals surface area contributed by atoms with E-state index >= 15 is 0 Å². The van der Waals surface area contributed by atoms with Crippen molar-refractivity contribution in [2.45, 2.75) is 100 Å². The van der Waals surface area contributed by atoms with E-state index in [2.05, 4.69) is 5.32 Å². The number of rotatable bonds is 18. The average Bonchev–Trinajstić information content (AvgIpc) is 3.31. The number of aliphatic hydroxyl groups is 1. The molecule has 0 spiro atoms. The number of nitrogens with one attached hydrogen (secondary N) is 2. The van der Waals surface area contributed by atoms with E-state index in [1.807, 2.05) is 96.3 Å². The molecule has 2 amide bonds. The molecule has 18 heteroatoms. The van der Waals surface area contributed by atoms with Crippen molar-refractivity contribution in [1.29, 1.82) is 0 Å². The van der Waals surface area contributed by atoms with Gasteiger partial charge in [0, 0.05) is 19.0 Å². The van der Waals surface area contributed by atoms with Crippen molar-refractivity contribution in [3.8, 4) is 0 Å². The highest BCUT2D eigenvalue weighted by atomic mass is 19.4. The Bertz CT molecular complexity index is 2110. The summed E-state index contributed by atoms with van der Waals surface area (Å²) in [6.45, 7) is 0.618. The average molecular weight is 909 g/mol. The summed E-state index contributed by atoms with van der Waals surface area (Å²) < 4.78 is 95.6. The van der Waals surface area contributed by atoms with E-state index in [1.54, 1.807) is 30.3 Å². The SMILES string of the molecule is CC(=O)N[C@H]1[C@H](OCCCNC(=O)C(F)(F)F)O[C@H](COCc2ccccc2)[C@@H](O[C@@H]2O[C@@H]3COC(c4ccccc4)O[C@@H]3[C@H](OC(=O)c3ccccc3)[C@H]2O)[C@@H]1OCc1ccccc1. The first-order valence-electron chi connectivity index (χ1n) is 21.2. The van der Waals surface area contributed by atoms with Gasteiger partial charge in [0.25, 0.3) is 0 Å². The summed E-state index contributed by atoms with van der Waals surface area (Å²) in [6.07, 6.45) is -17.3. The van der Waals surface area contributed by atoms with Crippen molar-refractivity contribution in [3.05, 3.63) is 144 Å². The van der Waals surface area contributed by atoms with Gasteiger partial charge in [0.15, 0.2) is 25.0 Å². The van der Waals surface area contributed by atoms with Crippen LogP contribution in [0.2, 0.25) is 0 Å². The summed E-state index contributed by atoms with van der Waals surface area (Å²) in [5.41, 5.74) is 2.51. The summed E-state index contributed by atoms with van der Waals surface area (Å²) in [6, 6.07) is 34.7. The standard InChI is InChI=1S/C47H51F3N2O13/c1-29(53)52-36-40(59-26-31-17-8-3-9-18-31)38(34(27-57-25-30-15-6-2-7-16-30)61-44(36)58-24-14-23-51-46(56)47(48,49)50)65-45-37(54)41(63-42(55)32-19-10-4-11-20-32)39-35(62-45)28-60-43(64-39)33-21-12-5-13-22-33/h2-13,15-22,34-41,43-45,54H,14,23-28H2,1H3,(H,51,56)(H,52,53)/t34-,35-,36-,37-,38-,39+,40-,41-,43?,44-,45+/m1/s1. The lowest BCUT2D eigenvalue weighted by atomic mass is 9.94. The zero-order valence-corrected chi connectivity index (χ0v) is 35.3. The molecule has 0 bridgehead atoms. The van der Waals surface area contributed by atoms with Crippen molar-refractivity contribution < 1.29 is 75.3 Å². The fraction of sp³-hybridized carbons (Fsp3) is 0.426. The molecule has 0 aromatic heterocycles. The van der Waals surface area contributed by atoms with Crippen LogP contribution in [-0.4, -0.2) is 117 Å². The van der Waals surface area contributed by atoms with Gasteiger partial charge in [-0.1, -0.05) is 109 Å². The van der Waals surface area contributed by atoms with Gasteiger partial charge < -0.3 is 58.4 Å². The van der Waals surface area contributed by atoms with Crippen LogP contribution in [0.4, 0.5) is 13.2 Å². The molecule has 3 fully saturated rings. The maximum atomic E-state index is 13.6. The molecule has 3 aliphatic heterocycles. The highest BCUT2D eigenvalue weighted by Gasteiger charge is 2.56. The Morgan fingerprint density at radius 3 is 2.03 bits per heavy atom. The van der Waals surface area contributed by atoms with E-state index in [4.69, 9.17) is 42.6 Å². The highest BCUT2D eigenvalue weighted by Crippen LogP contribution is 2.38. The lowest BCUT2D eigenvalue weighted by molar-refractivity contribution is -0.382. The number of carbonyl (C=O) groups excluding carboxylic acids is 3. The van der Waals surface area contributed by atoms with E-state index in [9.17, 15) is 32.7 Å². The third kappa shape index (κ3) is 13.0. The molecule has 0 radical (unpaired) electrons. The molecule has 3 heterocycles. The van der Waals surface area contributed by atoms with Crippen LogP contribution in [0.5, 0.6) is 0 Å². The van der Waals surface area contributed by atoms with E-state index < -0.39 is 91.6 Å². The lowest BCUT2D eigenvalue weighted by Gasteiger charge is -2.50. The van der Waals surface area contributed by atoms with Crippen LogP contribution in [0, 0.1) is 0 Å². The molecule has 7 rings (SSSR count).